The topological polar surface area (TPSA) is 79.1 Å². The average molecular weight is 297 g/mol. The van der Waals surface area contributed by atoms with Gasteiger partial charge in [0.05, 0.1) is 10.7 Å². The molecule has 5 nitrogen and oxygen atoms in total. The summed E-state index contributed by atoms with van der Waals surface area (Å²) in [5.74, 6) is 0. The number of nitrogens with zero attached hydrogens (tertiary/aromatic N) is 2. The minimum atomic E-state index is -4.52. The summed E-state index contributed by atoms with van der Waals surface area (Å²) in [5, 5.41) is 0.896. The molecule has 0 saturated carbocycles. The van der Waals surface area contributed by atoms with E-state index >= 15 is 0 Å². The van der Waals surface area contributed by atoms with Crippen LogP contribution in [-0.2, 0) is 15.1 Å². The first-order chi connectivity index (χ1) is 9.03. The Morgan fingerprint density at radius 1 is 0.850 bits per heavy atom. The monoisotopic (exact) mass is 297 g/mol. The molecule has 1 heterocycles. The van der Waals surface area contributed by atoms with E-state index in [0.717, 1.165) is 0 Å². The Hall–Kier alpha value is -1.05. The first-order valence-corrected chi connectivity index (χ1v) is 7.04. The largest absolute Gasteiger partial charge is 0.317 e. The summed E-state index contributed by atoms with van der Waals surface area (Å²) >= 11 is 0. The van der Waals surface area contributed by atoms with Gasteiger partial charge >= 0.3 is 15.1 Å². The maximum absolute atomic E-state index is 11.8. The van der Waals surface area contributed by atoms with E-state index in [-0.39, 0.29) is 29.6 Å². The van der Waals surface area contributed by atoms with Crippen LogP contribution in [-0.4, -0.2) is 42.5 Å². The molecule has 0 aromatic heterocycles. The van der Waals surface area contributed by atoms with Gasteiger partial charge in [-0.2, -0.15) is 8.42 Å². The second-order valence-electron chi connectivity index (χ2n) is 4.16. The molecular formula is C13H10N2NaO3S. The molecule has 0 atom stereocenters. The zero-order valence-electron chi connectivity index (χ0n) is 10.8. The molecule has 1 aliphatic heterocycles. The maximum atomic E-state index is 11.8. The van der Waals surface area contributed by atoms with Crippen LogP contribution < -0.4 is 10.7 Å². The molecule has 0 bridgehead atoms. The van der Waals surface area contributed by atoms with Gasteiger partial charge in [-0.05, 0) is 12.1 Å². The van der Waals surface area contributed by atoms with E-state index in [4.69, 9.17) is 0 Å². The first-order valence-electron chi connectivity index (χ1n) is 5.60. The molecule has 0 amide bonds. The van der Waals surface area contributed by atoms with Crippen molar-refractivity contribution in [1.29, 1.82) is 0 Å². The van der Waals surface area contributed by atoms with Crippen LogP contribution in [0.2, 0.25) is 0 Å². The van der Waals surface area contributed by atoms with Crippen LogP contribution in [0.1, 0.15) is 5.56 Å². The third-order valence-corrected chi connectivity index (χ3v) is 4.07. The van der Waals surface area contributed by atoms with Crippen LogP contribution in [0.5, 0.6) is 0 Å². The van der Waals surface area contributed by atoms with E-state index in [1.807, 2.05) is 0 Å². The molecule has 3 rings (SSSR count). The SMILES string of the molecule is O=S(=O)(O)C1(c2ccccc2)N=c2ccccc2=N1.[Na]. The van der Waals surface area contributed by atoms with Crippen molar-refractivity contribution >= 4 is 39.7 Å². The molecular weight excluding hydrogens is 287 g/mol. The Bertz CT molecular complexity index is 816. The summed E-state index contributed by atoms with van der Waals surface area (Å²) in [6.07, 6.45) is 0. The van der Waals surface area contributed by atoms with Crippen molar-refractivity contribution in [3.63, 3.8) is 0 Å². The summed E-state index contributed by atoms with van der Waals surface area (Å²) in [6.45, 7) is 0. The number of hydrogen-bond donors (Lipinski definition) is 1. The molecule has 1 aliphatic rings. The van der Waals surface area contributed by atoms with Crippen LogP contribution in [0.3, 0.4) is 0 Å². The van der Waals surface area contributed by atoms with E-state index < -0.39 is 15.1 Å². The molecule has 0 saturated heterocycles. The van der Waals surface area contributed by atoms with Gasteiger partial charge in [0, 0.05) is 35.1 Å². The standard InChI is InChI=1S/C13H10N2O3S.Na/c16-19(17,18)13(10-6-2-1-3-7-10)14-11-8-4-5-9-12(11)15-13;/h1-9H,(H,16,17,18);. The third-order valence-electron chi connectivity index (χ3n) is 2.94. The molecule has 0 unspecified atom stereocenters. The number of para-hydroxylation sites is 2. The molecule has 1 radical (unpaired) electrons. The summed E-state index contributed by atoms with van der Waals surface area (Å²) in [5.41, 5.74) is 0.314. The van der Waals surface area contributed by atoms with Gasteiger partial charge in [-0.3, -0.25) is 4.55 Å². The van der Waals surface area contributed by atoms with Crippen LogP contribution in [0.15, 0.2) is 64.6 Å². The predicted octanol–water partition coefficient (Wildman–Crippen LogP) is 0.257. The van der Waals surface area contributed by atoms with Gasteiger partial charge in [0.2, 0.25) is 0 Å². The van der Waals surface area contributed by atoms with Crippen LogP contribution in [0.4, 0.5) is 0 Å². The van der Waals surface area contributed by atoms with Gasteiger partial charge in [0.1, 0.15) is 0 Å². The Balaban J connectivity index is 0.00000147. The van der Waals surface area contributed by atoms with E-state index in [0.29, 0.717) is 16.3 Å². The van der Waals surface area contributed by atoms with Gasteiger partial charge in [-0.15, -0.1) is 0 Å². The van der Waals surface area contributed by atoms with Crippen molar-refractivity contribution in [2.75, 3.05) is 0 Å². The zero-order valence-corrected chi connectivity index (χ0v) is 13.6. The number of rotatable bonds is 2. The molecule has 0 fully saturated rings. The smallest absolute Gasteiger partial charge is 0.282 e. The van der Waals surface area contributed by atoms with E-state index in [2.05, 4.69) is 9.98 Å². The van der Waals surface area contributed by atoms with Crippen molar-refractivity contribution < 1.29 is 13.0 Å². The van der Waals surface area contributed by atoms with Crippen molar-refractivity contribution in [2.45, 2.75) is 4.99 Å². The Morgan fingerprint density at radius 2 is 1.30 bits per heavy atom. The minimum Gasteiger partial charge on any atom is -0.282 e. The summed E-state index contributed by atoms with van der Waals surface area (Å²) in [7, 11) is -4.52. The van der Waals surface area contributed by atoms with Gasteiger partial charge < -0.3 is 0 Å². The number of fused-ring (bicyclic) bond motifs is 1. The van der Waals surface area contributed by atoms with Crippen LogP contribution in [0, 0.1) is 0 Å². The zero-order chi connectivity index (χ0) is 13.5. The number of hydrogen-bond acceptors (Lipinski definition) is 4. The van der Waals surface area contributed by atoms with Gasteiger partial charge in [0.15, 0.2) is 0 Å². The number of benzene rings is 2. The van der Waals surface area contributed by atoms with E-state index in [1.54, 1.807) is 54.6 Å². The first kappa shape index (κ1) is 15.3. The van der Waals surface area contributed by atoms with Crippen molar-refractivity contribution in [3.05, 3.63) is 70.9 Å². The molecule has 0 aliphatic carbocycles. The van der Waals surface area contributed by atoms with E-state index in [1.165, 1.54) is 0 Å². The summed E-state index contributed by atoms with van der Waals surface area (Å²) < 4.78 is 33.2. The maximum Gasteiger partial charge on any atom is 0.317 e. The summed E-state index contributed by atoms with van der Waals surface area (Å²) in [4.78, 5) is 6.25. The second kappa shape index (κ2) is 5.38. The fourth-order valence-electron chi connectivity index (χ4n) is 2.05. The summed E-state index contributed by atoms with van der Waals surface area (Å²) in [6, 6.07) is 15.1. The third kappa shape index (κ3) is 2.34. The fraction of sp³-hybridized carbons (Fsp3) is 0.0769. The molecule has 0 spiro atoms. The van der Waals surface area contributed by atoms with Crippen molar-refractivity contribution in [1.82, 2.24) is 0 Å². The van der Waals surface area contributed by atoms with Gasteiger partial charge in [-0.1, -0.05) is 42.5 Å². The second-order valence-corrected chi connectivity index (χ2v) is 5.68. The van der Waals surface area contributed by atoms with Crippen LogP contribution >= 0.6 is 0 Å². The Kier molecular flexibility index (Phi) is 4.13. The fourth-order valence-corrected chi connectivity index (χ4v) is 2.91. The van der Waals surface area contributed by atoms with E-state index in [9.17, 15) is 13.0 Å². The quantitative estimate of drug-likeness (QED) is 0.638. The molecule has 1 N–H and O–H groups in total. The Labute approximate surface area is 138 Å². The van der Waals surface area contributed by atoms with Crippen molar-refractivity contribution in [3.8, 4) is 0 Å². The van der Waals surface area contributed by atoms with Crippen LogP contribution in [0.25, 0.3) is 0 Å². The van der Waals surface area contributed by atoms with Gasteiger partial charge in [-0.25, -0.2) is 9.98 Å². The average Bonchev–Trinajstić information content (AvgIpc) is 2.80. The molecule has 7 heteroatoms. The van der Waals surface area contributed by atoms with Gasteiger partial charge in [0.25, 0.3) is 0 Å². The Morgan fingerprint density at radius 3 is 1.75 bits per heavy atom. The molecule has 97 valence electrons. The molecule has 2 aromatic carbocycles. The molecule has 2 aromatic rings. The normalized spacial score (nSPS) is 15.4. The van der Waals surface area contributed by atoms with Crippen molar-refractivity contribution in [2.24, 2.45) is 9.98 Å². The molecule has 20 heavy (non-hydrogen) atoms. The minimum absolute atomic E-state index is 0. The predicted molar refractivity (Wildman–Crippen MR) is 74.2 cm³/mol.